The van der Waals surface area contributed by atoms with E-state index in [4.69, 9.17) is 4.42 Å². The molecule has 0 bridgehead atoms. The van der Waals surface area contributed by atoms with Crippen molar-refractivity contribution in [2.45, 2.75) is 13.5 Å². The van der Waals surface area contributed by atoms with Gasteiger partial charge in [0.2, 0.25) is 5.13 Å². The minimum absolute atomic E-state index is 0.704. The van der Waals surface area contributed by atoms with E-state index in [1.54, 1.807) is 0 Å². The van der Waals surface area contributed by atoms with Crippen LogP contribution in [0.2, 0.25) is 0 Å². The van der Waals surface area contributed by atoms with Gasteiger partial charge in [-0.3, -0.25) is 0 Å². The lowest BCUT2D eigenvalue weighted by Crippen LogP contribution is -2.15. The van der Waals surface area contributed by atoms with Gasteiger partial charge in [-0.2, -0.15) is 0 Å². The largest absolute Gasteiger partial charge is 0.464 e. The van der Waals surface area contributed by atoms with Crippen LogP contribution in [0.1, 0.15) is 11.5 Å². The maximum Gasteiger partial charge on any atom is 0.209 e. The van der Waals surface area contributed by atoms with Gasteiger partial charge in [-0.25, -0.2) is 0 Å². The third-order valence-electron chi connectivity index (χ3n) is 1.91. The van der Waals surface area contributed by atoms with E-state index >= 15 is 0 Å². The number of hydrogen-bond donors (Lipinski definition) is 0. The van der Waals surface area contributed by atoms with E-state index in [2.05, 4.69) is 26.1 Å². The molecule has 0 atom stereocenters. The average molecular weight is 288 g/mol. The van der Waals surface area contributed by atoms with E-state index < -0.39 is 0 Å². The van der Waals surface area contributed by atoms with Crippen LogP contribution in [0.15, 0.2) is 20.5 Å². The van der Waals surface area contributed by atoms with Crippen molar-refractivity contribution in [2.75, 3.05) is 11.9 Å². The van der Waals surface area contributed by atoms with Gasteiger partial charge in [0, 0.05) is 7.05 Å². The Balaban J connectivity index is 2.06. The van der Waals surface area contributed by atoms with Crippen LogP contribution in [-0.4, -0.2) is 17.2 Å². The van der Waals surface area contributed by atoms with Crippen LogP contribution in [-0.2, 0) is 6.54 Å². The summed E-state index contributed by atoms with van der Waals surface area (Å²) in [6.45, 7) is 2.64. The van der Waals surface area contributed by atoms with E-state index in [0.717, 1.165) is 20.6 Å². The quantitative estimate of drug-likeness (QED) is 0.871. The van der Waals surface area contributed by atoms with Crippen LogP contribution in [0.5, 0.6) is 0 Å². The Morgan fingerprint density at radius 1 is 1.47 bits per heavy atom. The van der Waals surface area contributed by atoms with Gasteiger partial charge in [-0.1, -0.05) is 11.3 Å². The summed E-state index contributed by atoms with van der Waals surface area (Å²) in [5.74, 6) is 1.86. The van der Waals surface area contributed by atoms with Crippen LogP contribution in [0.25, 0.3) is 0 Å². The van der Waals surface area contributed by atoms with E-state index in [0.29, 0.717) is 6.54 Å². The van der Waals surface area contributed by atoms with Crippen molar-refractivity contribution in [1.82, 2.24) is 10.2 Å². The molecule has 6 heteroatoms. The summed E-state index contributed by atoms with van der Waals surface area (Å²) in [6.07, 6.45) is 0. The maximum atomic E-state index is 5.49. The molecule has 2 rings (SSSR count). The molecular weight excluding hydrogens is 278 g/mol. The third kappa shape index (κ3) is 2.57. The fourth-order valence-corrected chi connectivity index (χ4v) is 2.27. The second-order valence-electron chi connectivity index (χ2n) is 3.21. The zero-order valence-electron chi connectivity index (χ0n) is 8.40. The fraction of sp³-hybridized carbons (Fsp3) is 0.333. The van der Waals surface area contributed by atoms with Crippen LogP contribution in [0.4, 0.5) is 5.13 Å². The van der Waals surface area contributed by atoms with Gasteiger partial charge in [0.25, 0.3) is 0 Å². The molecule has 80 valence electrons. The topological polar surface area (TPSA) is 42.2 Å². The zero-order valence-corrected chi connectivity index (χ0v) is 10.8. The summed E-state index contributed by atoms with van der Waals surface area (Å²) in [6, 6.07) is 3.93. The molecule has 2 aromatic heterocycles. The maximum absolute atomic E-state index is 5.49. The number of rotatable bonds is 3. The molecule has 2 heterocycles. The summed E-state index contributed by atoms with van der Waals surface area (Å²) >= 11 is 4.79. The molecule has 0 aliphatic carbocycles. The Kier molecular flexibility index (Phi) is 3.06. The van der Waals surface area contributed by atoms with Crippen LogP contribution < -0.4 is 4.90 Å². The highest BCUT2D eigenvalue weighted by molar-refractivity contribution is 9.11. The van der Waals surface area contributed by atoms with Gasteiger partial charge in [0.15, 0.2) is 3.92 Å². The number of hydrogen-bond acceptors (Lipinski definition) is 5. The number of furan rings is 1. The van der Waals surface area contributed by atoms with E-state index in [9.17, 15) is 0 Å². The van der Waals surface area contributed by atoms with Gasteiger partial charge in [-0.15, -0.1) is 10.2 Å². The van der Waals surface area contributed by atoms with Gasteiger partial charge in [-0.05, 0) is 35.0 Å². The highest BCUT2D eigenvalue weighted by atomic mass is 79.9. The van der Waals surface area contributed by atoms with Crippen LogP contribution in [0.3, 0.4) is 0 Å². The smallest absolute Gasteiger partial charge is 0.209 e. The standard InChI is InChI=1S/C9H10BrN3OS/c1-6-3-4-7(14-6)5-13(2)9-12-11-8(10)15-9/h3-4H,5H2,1-2H3. The second kappa shape index (κ2) is 4.32. The van der Waals surface area contributed by atoms with E-state index in [-0.39, 0.29) is 0 Å². The highest BCUT2D eigenvalue weighted by Crippen LogP contribution is 2.24. The number of anilines is 1. The summed E-state index contributed by atoms with van der Waals surface area (Å²) in [4.78, 5) is 2.00. The van der Waals surface area contributed by atoms with Crippen molar-refractivity contribution in [2.24, 2.45) is 0 Å². The Morgan fingerprint density at radius 3 is 2.80 bits per heavy atom. The van der Waals surface area contributed by atoms with Crippen LogP contribution >= 0.6 is 27.3 Å². The van der Waals surface area contributed by atoms with Crippen molar-refractivity contribution in [3.8, 4) is 0 Å². The average Bonchev–Trinajstić information content (AvgIpc) is 2.75. The first-order chi connectivity index (χ1) is 7.15. The SMILES string of the molecule is Cc1ccc(CN(C)c2nnc(Br)s2)o1. The molecule has 2 aromatic rings. The summed E-state index contributed by atoms with van der Waals surface area (Å²) in [7, 11) is 1.96. The first-order valence-electron chi connectivity index (χ1n) is 4.40. The van der Waals surface area contributed by atoms with Gasteiger partial charge in [0.1, 0.15) is 11.5 Å². The van der Waals surface area contributed by atoms with Gasteiger partial charge >= 0.3 is 0 Å². The highest BCUT2D eigenvalue weighted by Gasteiger charge is 2.09. The molecule has 0 N–H and O–H groups in total. The molecule has 15 heavy (non-hydrogen) atoms. The molecule has 0 fully saturated rings. The number of aryl methyl sites for hydroxylation is 1. The zero-order chi connectivity index (χ0) is 10.8. The van der Waals surface area contributed by atoms with E-state index in [1.165, 1.54) is 11.3 Å². The molecule has 0 spiro atoms. The third-order valence-corrected chi connectivity index (χ3v) is 3.38. The predicted molar refractivity (Wildman–Crippen MR) is 63.2 cm³/mol. The van der Waals surface area contributed by atoms with Crippen molar-refractivity contribution in [1.29, 1.82) is 0 Å². The molecule has 0 unspecified atom stereocenters. The van der Waals surface area contributed by atoms with Crippen molar-refractivity contribution in [3.63, 3.8) is 0 Å². The molecule has 0 saturated carbocycles. The lowest BCUT2D eigenvalue weighted by atomic mass is 10.4. The Morgan fingerprint density at radius 2 is 2.27 bits per heavy atom. The summed E-state index contributed by atoms with van der Waals surface area (Å²) in [5.41, 5.74) is 0. The monoisotopic (exact) mass is 287 g/mol. The molecule has 0 aliphatic heterocycles. The molecule has 4 nitrogen and oxygen atoms in total. The van der Waals surface area contributed by atoms with Gasteiger partial charge < -0.3 is 9.32 Å². The number of halogens is 1. The fourth-order valence-electron chi connectivity index (χ4n) is 1.22. The number of nitrogens with zero attached hydrogens (tertiary/aromatic N) is 3. The molecular formula is C9H10BrN3OS. The molecule has 0 aromatic carbocycles. The normalized spacial score (nSPS) is 10.6. The summed E-state index contributed by atoms with van der Waals surface area (Å²) < 4.78 is 6.28. The minimum atomic E-state index is 0.704. The first kappa shape index (κ1) is 10.6. The lowest BCUT2D eigenvalue weighted by Gasteiger charge is -2.12. The number of aromatic nitrogens is 2. The van der Waals surface area contributed by atoms with Crippen molar-refractivity contribution in [3.05, 3.63) is 27.6 Å². The second-order valence-corrected chi connectivity index (χ2v) is 5.44. The summed E-state index contributed by atoms with van der Waals surface area (Å²) in [5, 5.41) is 8.79. The predicted octanol–water partition coefficient (Wildman–Crippen LogP) is 2.84. The Labute approximate surface area is 100 Å². The molecule has 0 saturated heterocycles. The van der Waals surface area contributed by atoms with E-state index in [1.807, 2.05) is 31.0 Å². The minimum Gasteiger partial charge on any atom is -0.464 e. The first-order valence-corrected chi connectivity index (χ1v) is 6.01. The molecule has 0 radical (unpaired) electrons. The Bertz CT molecular complexity index is 454. The van der Waals surface area contributed by atoms with Gasteiger partial charge in [0.05, 0.1) is 6.54 Å². The molecule has 0 amide bonds. The van der Waals surface area contributed by atoms with Crippen molar-refractivity contribution < 1.29 is 4.42 Å². The Hall–Kier alpha value is -0.880. The van der Waals surface area contributed by atoms with Crippen LogP contribution in [0, 0.1) is 6.92 Å². The van der Waals surface area contributed by atoms with Crippen molar-refractivity contribution >= 4 is 32.4 Å². The lowest BCUT2D eigenvalue weighted by molar-refractivity contribution is 0.481. The molecule has 0 aliphatic rings.